The zero-order valence-corrected chi connectivity index (χ0v) is 8.79. The fourth-order valence-electron chi connectivity index (χ4n) is 2.03. The van der Waals surface area contributed by atoms with Gasteiger partial charge in [-0.05, 0) is 18.9 Å². The third-order valence-corrected chi connectivity index (χ3v) is 3.42. The summed E-state index contributed by atoms with van der Waals surface area (Å²) in [5, 5.41) is 19.2. The number of rotatable bonds is 2. The van der Waals surface area contributed by atoms with Crippen LogP contribution in [0.25, 0.3) is 0 Å². The molecule has 0 aromatic heterocycles. The fraction of sp³-hybridized carbons (Fsp3) is 0.364. The zero-order valence-electron chi connectivity index (χ0n) is 8.03. The van der Waals surface area contributed by atoms with Crippen LogP contribution in [-0.4, -0.2) is 16.2 Å². The largest absolute Gasteiger partial charge is 0.506 e. The lowest BCUT2D eigenvalue weighted by Gasteiger charge is -2.38. The highest BCUT2D eigenvalue weighted by Gasteiger charge is 2.47. The van der Waals surface area contributed by atoms with Gasteiger partial charge in [-0.15, -0.1) is 0 Å². The quantitative estimate of drug-likeness (QED) is 0.815. The molecule has 15 heavy (non-hydrogen) atoms. The normalized spacial score (nSPS) is 18.2. The summed E-state index contributed by atoms with van der Waals surface area (Å²) >= 11 is 5.76. The molecule has 1 fully saturated rings. The van der Waals surface area contributed by atoms with Gasteiger partial charge in [-0.3, -0.25) is 4.79 Å². The molecule has 0 spiro atoms. The van der Waals surface area contributed by atoms with E-state index in [4.69, 9.17) is 11.6 Å². The summed E-state index contributed by atoms with van der Waals surface area (Å²) in [6, 6.07) is 4.85. The molecule has 0 radical (unpaired) electrons. The number of carboxylic acid groups (broad SMARTS) is 1. The van der Waals surface area contributed by atoms with Gasteiger partial charge in [0.05, 0.1) is 10.4 Å². The molecule has 1 aromatic rings. The Hall–Kier alpha value is -1.22. The maximum atomic E-state index is 11.2. The van der Waals surface area contributed by atoms with E-state index in [9.17, 15) is 15.0 Å². The van der Waals surface area contributed by atoms with E-state index in [1.165, 1.54) is 0 Å². The number of halogens is 1. The smallest absolute Gasteiger partial charge is 0.314 e. The predicted molar refractivity (Wildman–Crippen MR) is 56.3 cm³/mol. The van der Waals surface area contributed by atoms with E-state index >= 15 is 0 Å². The molecule has 3 nitrogen and oxygen atoms in total. The maximum absolute atomic E-state index is 11.2. The molecule has 0 saturated heterocycles. The molecule has 0 amide bonds. The third-order valence-electron chi connectivity index (χ3n) is 3.12. The molecule has 1 aromatic carbocycles. The van der Waals surface area contributed by atoms with Crippen molar-refractivity contribution in [2.45, 2.75) is 24.7 Å². The van der Waals surface area contributed by atoms with Crippen molar-refractivity contribution < 1.29 is 15.0 Å². The van der Waals surface area contributed by atoms with Gasteiger partial charge in [-0.2, -0.15) is 0 Å². The van der Waals surface area contributed by atoms with E-state index < -0.39 is 11.4 Å². The Bertz CT molecular complexity index is 410. The van der Waals surface area contributed by atoms with Gasteiger partial charge in [-0.1, -0.05) is 30.2 Å². The molecular formula is C11H11ClO3. The minimum Gasteiger partial charge on any atom is -0.506 e. The van der Waals surface area contributed by atoms with Crippen molar-refractivity contribution in [3.05, 3.63) is 28.8 Å². The van der Waals surface area contributed by atoms with Gasteiger partial charge in [0, 0.05) is 5.56 Å². The second kappa shape index (κ2) is 3.42. The van der Waals surface area contributed by atoms with Crippen LogP contribution < -0.4 is 0 Å². The van der Waals surface area contributed by atoms with Crippen LogP contribution in [-0.2, 0) is 10.2 Å². The number of para-hydroxylation sites is 1. The van der Waals surface area contributed by atoms with Crippen molar-refractivity contribution in [3.8, 4) is 5.75 Å². The van der Waals surface area contributed by atoms with E-state index in [1.54, 1.807) is 18.2 Å². The van der Waals surface area contributed by atoms with Crippen LogP contribution in [0.2, 0.25) is 5.02 Å². The molecule has 80 valence electrons. The topological polar surface area (TPSA) is 57.5 Å². The van der Waals surface area contributed by atoms with Crippen LogP contribution in [0.5, 0.6) is 5.75 Å². The van der Waals surface area contributed by atoms with E-state index in [-0.39, 0.29) is 10.8 Å². The molecule has 4 heteroatoms. The Balaban J connectivity index is 2.53. The highest BCUT2D eigenvalue weighted by Crippen LogP contribution is 2.48. The summed E-state index contributed by atoms with van der Waals surface area (Å²) in [4.78, 5) is 11.2. The summed E-state index contributed by atoms with van der Waals surface area (Å²) in [6.07, 6.45) is 2.00. The van der Waals surface area contributed by atoms with Crippen LogP contribution in [0.1, 0.15) is 24.8 Å². The van der Waals surface area contributed by atoms with Gasteiger partial charge in [-0.25, -0.2) is 0 Å². The first-order valence-electron chi connectivity index (χ1n) is 4.79. The molecule has 2 N–H and O–H groups in total. The molecule has 0 heterocycles. The van der Waals surface area contributed by atoms with Gasteiger partial charge >= 0.3 is 5.97 Å². The Morgan fingerprint density at radius 2 is 2.07 bits per heavy atom. The van der Waals surface area contributed by atoms with Crippen molar-refractivity contribution in [1.29, 1.82) is 0 Å². The lowest BCUT2D eigenvalue weighted by Crippen LogP contribution is -2.42. The van der Waals surface area contributed by atoms with Crippen molar-refractivity contribution in [1.82, 2.24) is 0 Å². The van der Waals surface area contributed by atoms with E-state index in [2.05, 4.69) is 0 Å². The van der Waals surface area contributed by atoms with Gasteiger partial charge in [0.25, 0.3) is 0 Å². The molecule has 1 aliphatic carbocycles. The lowest BCUT2D eigenvalue weighted by molar-refractivity contribution is -0.147. The number of phenolic OH excluding ortho intramolecular Hbond substituents is 1. The first-order chi connectivity index (χ1) is 7.08. The average Bonchev–Trinajstić information content (AvgIpc) is 2.09. The SMILES string of the molecule is O=C(O)C1(c2cccc(Cl)c2O)CCC1. The van der Waals surface area contributed by atoms with E-state index in [0.29, 0.717) is 18.4 Å². The second-order valence-corrected chi connectivity index (χ2v) is 4.28. The van der Waals surface area contributed by atoms with Crippen LogP contribution in [0.3, 0.4) is 0 Å². The average molecular weight is 227 g/mol. The van der Waals surface area contributed by atoms with E-state index in [1.807, 2.05) is 0 Å². The Labute approximate surface area is 92.3 Å². The summed E-state index contributed by atoms with van der Waals surface area (Å²) in [5.41, 5.74) is -0.483. The number of carbonyl (C=O) groups is 1. The first-order valence-corrected chi connectivity index (χ1v) is 5.17. The zero-order chi connectivity index (χ0) is 11.1. The monoisotopic (exact) mass is 226 g/mol. The molecule has 1 saturated carbocycles. The summed E-state index contributed by atoms with van der Waals surface area (Å²) in [5.74, 6) is -0.979. The molecule has 0 unspecified atom stereocenters. The number of hydrogen-bond acceptors (Lipinski definition) is 2. The Morgan fingerprint density at radius 1 is 1.40 bits per heavy atom. The first kappa shape index (κ1) is 10.3. The highest BCUT2D eigenvalue weighted by atomic mass is 35.5. The Kier molecular flexibility index (Phi) is 2.35. The fourth-order valence-corrected chi connectivity index (χ4v) is 2.20. The second-order valence-electron chi connectivity index (χ2n) is 3.88. The van der Waals surface area contributed by atoms with Gasteiger partial charge in [0.1, 0.15) is 5.75 Å². The lowest BCUT2D eigenvalue weighted by atomic mass is 9.64. The number of hydrogen-bond donors (Lipinski definition) is 2. The minimum atomic E-state index is -0.922. The van der Waals surface area contributed by atoms with Crippen LogP contribution in [0.15, 0.2) is 18.2 Å². The van der Waals surface area contributed by atoms with Crippen molar-refractivity contribution >= 4 is 17.6 Å². The number of carboxylic acids is 1. The minimum absolute atomic E-state index is 0.0960. The molecule has 0 bridgehead atoms. The van der Waals surface area contributed by atoms with Crippen molar-refractivity contribution in [2.24, 2.45) is 0 Å². The van der Waals surface area contributed by atoms with Crippen LogP contribution in [0, 0.1) is 0 Å². The van der Waals surface area contributed by atoms with Crippen molar-refractivity contribution in [2.75, 3.05) is 0 Å². The van der Waals surface area contributed by atoms with Crippen LogP contribution in [0.4, 0.5) is 0 Å². The third kappa shape index (κ3) is 1.38. The summed E-state index contributed by atoms with van der Waals surface area (Å²) < 4.78 is 0. The standard InChI is InChI=1S/C11H11ClO3/c12-8-4-1-3-7(9(8)13)11(10(14)15)5-2-6-11/h1,3-4,13H,2,5-6H2,(H,14,15). The van der Waals surface area contributed by atoms with E-state index in [0.717, 1.165) is 6.42 Å². The predicted octanol–water partition coefficient (Wildman–Crippen LogP) is 2.55. The molecular weight excluding hydrogens is 216 g/mol. The molecule has 0 aliphatic heterocycles. The van der Waals surface area contributed by atoms with Crippen LogP contribution >= 0.6 is 11.6 Å². The molecule has 1 aliphatic rings. The number of aromatic hydroxyl groups is 1. The summed E-state index contributed by atoms with van der Waals surface area (Å²) in [7, 11) is 0. The highest BCUT2D eigenvalue weighted by molar-refractivity contribution is 6.32. The summed E-state index contributed by atoms with van der Waals surface area (Å²) in [6.45, 7) is 0. The van der Waals surface area contributed by atoms with Gasteiger partial charge in [0.2, 0.25) is 0 Å². The molecule has 2 rings (SSSR count). The molecule has 0 atom stereocenters. The van der Waals surface area contributed by atoms with Gasteiger partial charge < -0.3 is 10.2 Å². The number of benzene rings is 1. The number of phenols is 1. The Morgan fingerprint density at radius 3 is 2.53 bits per heavy atom. The maximum Gasteiger partial charge on any atom is 0.314 e. The van der Waals surface area contributed by atoms with Gasteiger partial charge in [0.15, 0.2) is 0 Å². The van der Waals surface area contributed by atoms with Crippen molar-refractivity contribution in [3.63, 3.8) is 0 Å². The number of aliphatic carboxylic acids is 1.